The maximum Gasteiger partial charge on any atom is 0.228 e. The zero-order valence-corrected chi connectivity index (χ0v) is 10.7. The largest absolute Gasteiger partial charge is 0.383 e. The highest BCUT2D eigenvalue weighted by molar-refractivity contribution is 5.92. The number of hydrogen-bond donors (Lipinski definition) is 2. The van der Waals surface area contributed by atoms with Crippen LogP contribution >= 0.6 is 0 Å². The average Bonchev–Trinajstić information content (AvgIpc) is 2.85. The zero-order chi connectivity index (χ0) is 12.8. The number of hydrogen-bond acceptors (Lipinski definition) is 4. The molecule has 2 heterocycles. The molecule has 1 saturated heterocycles. The Morgan fingerprint density at radius 3 is 3.33 bits per heavy atom. The Balaban J connectivity index is 1.84. The van der Waals surface area contributed by atoms with E-state index in [1.54, 1.807) is 18.0 Å². The highest BCUT2D eigenvalue weighted by Gasteiger charge is 2.21. The molecule has 0 aromatic carbocycles. The van der Waals surface area contributed by atoms with E-state index in [0.717, 1.165) is 31.6 Å². The van der Waals surface area contributed by atoms with Crippen LogP contribution in [-0.4, -0.2) is 42.5 Å². The monoisotopic (exact) mass is 252 g/mol. The second kappa shape index (κ2) is 6.51. The molecule has 1 aliphatic rings. The van der Waals surface area contributed by atoms with E-state index in [1.807, 2.05) is 6.20 Å². The minimum atomic E-state index is 0.0704. The first kappa shape index (κ1) is 13.0. The first-order chi connectivity index (χ1) is 8.79. The lowest BCUT2D eigenvalue weighted by atomic mass is 9.99. The van der Waals surface area contributed by atoms with Gasteiger partial charge in [-0.15, -0.1) is 0 Å². The highest BCUT2D eigenvalue weighted by Crippen LogP contribution is 2.13. The molecule has 0 unspecified atom stereocenters. The fourth-order valence-electron chi connectivity index (χ4n) is 2.06. The Hall–Kier alpha value is -1.40. The summed E-state index contributed by atoms with van der Waals surface area (Å²) < 4.78 is 6.74. The van der Waals surface area contributed by atoms with Gasteiger partial charge in [-0.3, -0.25) is 9.48 Å². The van der Waals surface area contributed by atoms with Crippen molar-refractivity contribution in [2.45, 2.75) is 19.4 Å². The molecule has 6 nitrogen and oxygen atoms in total. The van der Waals surface area contributed by atoms with Crippen molar-refractivity contribution in [3.8, 4) is 0 Å². The smallest absolute Gasteiger partial charge is 0.228 e. The van der Waals surface area contributed by atoms with Crippen LogP contribution in [-0.2, 0) is 16.1 Å². The summed E-state index contributed by atoms with van der Waals surface area (Å²) in [6.45, 7) is 3.08. The lowest BCUT2D eigenvalue weighted by Crippen LogP contribution is -2.37. The van der Waals surface area contributed by atoms with Gasteiger partial charge in [-0.25, -0.2) is 0 Å². The minimum Gasteiger partial charge on any atom is -0.383 e. The Morgan fingerprint density at radius 2 is 2.61 bits per heavy atom. The quantitative estimate of drug-likeness (QED) is 0.799. The molecule has 0 bridgehead atoms. The standard InChI is InChI=1S/C12H20N4O2/c1-18-6-5-16-9-11(8-14-16)15-12(17)10-3-2-4-13-7-10/h8-10,13H,2-7H2,1H3,(H,15,17)/t10-/m1/s1. The number of methoxy groups -OCH3 is 1. The van der Waals surface area contributed by atoms with E-state index in [1.165, 1.54) is 0 Å². The van der Waals surface area contributed by atoms with E-state index < -0.39 is 0 Å². The Labute approximate surface area is 107 Å². The Morgan fingerprint density at radius 1 is 1.72 bits per heavy atom. The number of carbonyl (C=O) groups excluding carboxylic acids is 1. The van der Waals surface area contributed by atoms with Crippen LogP contribution in [0.15, 0.2) is 12.4 Å². The van der Waals surface area contributed by atoms with Gasteiger partial charge in [-0.05, 0) is 19.4 Å². The van der Waals surface area contributed by atoms with Gasteiger partial charge in [0.05, 0.1) is 31.0 Å². The predicted octanol–water partition coefficient (Wildman–Crippen LogP) is 0.468. The van der Waals surface area contributed by atoms with Gasteiger partial charge >= 0.3 is 0 Å². The van der Waals surface area contributed by atoms with E-state index in [0.29, 0.717) is 13.2 Å². The van der Waals surface area contributed by atoms with E-state index in [9.17, 15) is 4.79 Å². The van der Waals surface area contributed by atoms with Crippen molar-refractivity contribution in [2.24, 2.45) is 5.92 Å². The summed E-state index contributed by atoms with van der Waals surface area (Å²) in [4.78, 5) is 12.0. The molecular formula is C12H20N4O2. The third-order valence-corrected chi connectivity index (χ3v) is 3.09. The van der Waals surface area contributed by atoms with Crippen LogP contribution in [0.3, 0.4) is 0 Å². The number of amides is 1. The maximum absolute atomic E-state index is 12.0. The first-order valence-electron chi connectivity index (χ1n) is 6.32. The van der Waals surface area contributed by atoms with Gasteiger partial charge in [0.2, 0.25) is 5.91 Å². The van der Waals surface area contributed by atoms with Crippen LogP contribution < -0.4 is 10.6 Å². The second-order valence-electron chi connectivity index (χ2n) is 4.52. The third-order valence-electron chi connectivity index (χ3n) is 3.09. The SMILES string of the molecule is COCCn1cc(NC(=O)[C@@H]2CCCNC2)cn1. The Kier molecular flexibility index (Phi) is 4.72. The van der Waals surface area contributed by atoms with Crippen molar-refractivity contribution >= 4 is 11.6 Å². The molecule has 1 fully saturated rings. The van der Waals surface area contributed by atoms with E-state index in [2.05, 4.69) is 15.7 Å². The molecule has 0 spiro atoms. The lowest BCUT2D eigenvalue weighted by molar-refractivity contribution is -0.120. The van der Waals surface area contributed by atoms with Crippen molar-refractivity contribution < 1.29 is 9.53 Å². The summed E-state index contributed by atoms with van der Waals surface area (Å²) >= 11 is 0. The summed E-state index contributed by atoms with van der Waals surface area (Å²) in [5, 5.41) is 10.3. The molecule has 2 N–H and O–H groups in total. The van der Waals surface area contributed by atoms with Gasteiger partial charge in [0.1, 0.15) is 0 Å². The van der Waals surface area contributed by atoms with Gasteiger partial charge < -0.3 is 15.4 Å². The molecule has 0 saturated carbocycles. The molecule has 6 heteroatoms. The van der Waals surface area contributed by atoms with Gasteiger partial charge in [0, 0.05) is 19.9 Å². The molecular weight excluding hydrogens is 232 g/mol. The third kappa shape index (κ3) is 3.54. The van der Waals surface area contributed by atoms with Crippen molar-refractivity contribution in [1.29, 1.82) is 0 Å². The first-order valence-corrected chi connectivity index (χ1v) is 6.32. The normalized spacial score (nSPS) is 19.7. The Bertz CT molecular complexity index is 385. The molecule has 1 aromatic rings. The number of nitrogens with zero attached hydrogens (tertiary/aromatic N) is 2. The average molecular weight is 252 g/mol. The van der Waals surface area contributed by atoms with Gasteiger partial charge in [0.25, 0.3) is 0 Å². The summed E-state index contributed by atoms with van der Waals surface area (Å²) in [7, 11) is 1.66. The zero-order valence-electron chi connectivity index (χ0n) is 10.7. The van der Waals surface area contributed by atoms with Crippen molar-refractivity contribution in [3.63, 3.8) is 0 Å². The van der Waals surface area contributed by atoms with Crippen LogP contribution in [0.5, 0.6) is 0 Å². The second-order valence-corrected chi connectivity index (χ2v) is 4.52. The molecule has 0 radical (unpaired) electrons. The van der Waals surface area contributed by atoms with Crippen LogP contribution in [0.4, 0.5) is 5.69 Å². The summed E-state index contributed by atoms with van der Waals surface area (Å²) in [5.41, 5.74) is 0.752. The van der Waals surface area contributed by atoms with Crippen LogP contribution in [0, 0.1) is 5.92 Å². The molecule has 1 aliphatic heterocycles. The molecule has 2 rings (SSSR count). The number of ether oxygens (including phenoxy) is 1. The maximum atomic E-state index is 12.0. The van der Waals surface area contributed by atoms with Gasteiger partial charge in [0.15, 0.2) is 0 Å². The van der Waals surface area contributed by atoms with Gasteiger partial charge in [-0.2, -0.15) is 5.10 Å². The van der Waals surface area contributed by atoms with Crippen molar-refractivity contribution in [1.82, 2.24) is 15.1 Å². The lowest BCUT2D eigenvalue weighted by Gasteiger charge is -2.21. The number of piperidine rings is 1. The van der Waals surface area contributed by atoms with Crippen molar-refractivity contribution in [2.75, 3.05) is 32.1 Å². The minimum absolute atomic E-state index is 0.0704. The highest BCUT2D eigenvalue weighted by atomic mass is 16.5. The van der Waals surface area contributed by atoms with E-state index in [-0.39, 0.29) is 11.8 Å². The fraction of sp³-hybridized carbons (Fsp3) is 0.667. The van der Waals surface area contributed by atoms with E-state index >= 15 is 0 Å². The van der Waals surface area contributed by atoms with E-state index in [4.69, 9.17) is 4.74 Å². The summed E-state index contributed by atoms with van der Waals surface area (Å²) in [5.74, 6) is 0.148. The number of nitrogens with one attached hydrogen (secondary N) is 2. The van der Waals surface area contributed by atoms with Crippen LogP contribution in [0.1, 0.15) is 12.8 Å². The molecule has 18 heavy (non-hydrogen) atoms. The topological polar surface area (TPSA) is 68.2 Å². The number of aromatic nitrogens is 2. The summed E-state index contributed by atoms with van der Waals surface area (Å²) in [6.07, 6.45) is 5.51. The molecule has 1 atom stereocenters. The fourth-order valence-corrected chi connectivity index (χ4v) is 2.06. The predicted molar refractivity (Wildman–Crippen MR) is 68.3 cm³/mol. The van der Waals surface area contributed by atoms with Crippen LogP contribution in [0.25, 0.3) is 0 Å². The van der Waals surface area contributed by atoms with Crippen LogP contribution in [0.2, 0.25) is 0 Å². The van der Waals surface area contributed by atoms with Gasteiger partial charge in [-0.1, -0.05) is 0 Å². The number of carbonyl (C=O) groups is 1. The molecule has 0 aliphatic carbocycles. The molecule has 1 aromatic heterocycles. The molecule has 100 valence electrons. The molecule has 1 amide bonds. The number of anilines is 1. The van der Waals surface area contributed by atoms with Crippen molar-refractivity contribution in [3.05, 3.63) is 12.4 Å². The summed E-state index contributed by atoms with van der Waals surface area (Å²) in [6, 6.07) is 0. The number of rotatable bonds is 5.